The van der Waals surface area contributed by atoms with Crippen molar-refractivity contribution in [3.05, 3.63) is 118 Å². The summed E-state index contributed by atoms with van der Waals surface area (Å²) in [6, 6.07) is 23.7. The van der Waals surface area contributed by atoms with Crippen molar-refractivity contribution < 1.29 is 24.4 Å². The molecule has 2 heterocycles. The summed E-state index contributed by atoms with van der Waals surface area (Å²) < 4.78 is 11.8. The number of phenolic OH excluding ortho intramolecular Hbond substituents is 1. The monoisotopic (exact) mass is 468 g/mol. The van der Waals surface area contributed by atoms with Crippen LogP contribution in [-0.4, -0.2) is 16.5 Å². The molecule has 7 heteroatoms. The number of rotatable bonds is 6. The smallest absolute Gasteiger partial charge is 0.172 e. The zero-order valence-electron chi connectivity index (χ0n) is 19.2. The molecule has 0 amide bonds. The van der Waals surface area contributed by atoms with Crippen molar-refractivity contribution in [2.75, 3.05) is 0 Å². The molecule has 3 N–H and O–H groups in total. The lowest BCUT2D eigenvalue weighted by atomic mass is 9.94. The topological polar surface area (TPSA) is 107 Å². The SMILES string of the molecule is Cc1ccc(C(c2ccc(N=Cc3cc([NH+]([O-])O)c4ccccc4c3O)cc2)c2ccc(C)o2)o1. The molecule has 1 unspecified atom stereocenters. The maximum atomic E-state index is 11.7. The minimum Gasteiger partial charge on any atom is -0.595 e. The minimum absolute atomic E-state index is 0.00703. The summed E-state index contributed by atoms with van der Waals surface area (Å²) in [4.78, 5) is 4.47. The van der Waals surface area contributed by atoms with E-state index in [9.17, 15) is 15.5 Å². The lowest BCUT2D eigenvalue weighted by molar-refractivity contribution is -0.990. The van der Waals surface area contributed by atoms with Crippen molar-refractivity contribution in [3.8, 4) is 5.75 Å². The number of aliphatic imine (C=N–C) groups is 1. The van der Waals surface area contributed by atoms with Crippen LogP contribution in [0.15, 0.2) is 92.7 Å². The highest BCUT2D eigenvalue weighted by Crippen LogP contribution is 2.35. The Morgan fingerprint density at radius 3 is 2.00 bits per heavy atom. The van der Waals surface area contributed by atoms with Gasteiger partial charge in [0.2, 0.25) is 0 Å². The van der Waals surface area contributed by atoms with Crippen LogP contribution in [0, 0.1) is 19.1 Å². The number of aromatic hydroxyl groups is 1. The molecule has 7 nitrogen and oxygen atoms in total. The second-order valence-electron chi connectivity index (χ2n) is 8.39. The number of nitrogens with one attached hydrogen (secondary N) is 1. The largest absolute Gasteiger partial charge is 0.595 e. The van der Waals surface area contributed by atoms with Gasteiger partial charge in [0.1, 0.15) is 34.7 Å². The molecular formula is C28H24N2O5. The fraction of sp³-hybridized carbons (Fsp3) is 0.107. The van der Waals surface area contributed by atoms with Crippen LogP contribution < -0.4 is 5.23 Å². The van der Waals surface area contributed by atoms with E-state index in [1.807, 2.05) is 62.4 Å². The second kappa shape index (κ2) is 9.23. The van der Waals surface area contributed by atoms with E-state index in [4.69, 9.17) is 8.83 Å². The maximum absolute atomic E-state index is 11.7. The van der Waals surface area contributed by atoms with Crippen LogP contribution in [-0.2, 0) is 0 Å². The molecule has 176 valence electrons. The van der Waals surface area contributed by atoms with E-state index < -0.39 is 5.23 Å². The van der Waals surface area contributed by atoms with E-state index in [2.05, 4.69) is 4.99 Å². The third-order valence-corrected chi connectivity index (χ3v) is 5.95. The van der Waals surface area contributed by atoms with Crippen molar-refractivity contribution in [1.82, 2.24) is 0 Å². The molecule has 3 aromatic carbocycles. The molecule has 0 fully saturated rings. The highest BCUT2D eigenvalue weighted by atomic mass is 16.8. The fourth-order valence-electron chi connectivity index (χ4n) is 4.24. The molecule has 0 saturated carbocycles. The average Bonchev–Trinajstić information content (AvgIpc) is 3.48. The van der Waals surface area contributed by atoms with Gasteiger partial charge >= 0.3 is 0 Å². The molecule has 0 aliphatic carbocycles. The van der Waals surface area contributed by atoms with Gasteiger partial charge < -0.3 is 19.1 Å². The van der Waals surface area contributed by atoms with E-state index in [0.717, 1.165) is 28.6 Å². The van der Waals surface area contributed by atoms with Crippen LogP contribution in [0.5, 0.6) is 5.75 Å². The molecule has 1 atom stereocenters. The number of benzene rings is 3. The first-order valence-corrected chi connectivity index (χ1v) is 11.2. The molecule has 5 aromatic rings. The lowest BCUT2D eigenvalue weighted by Crippen LogP contribution is -2.99. The van der Waals surface area contributed by atoms with Crippen LogP contribution in [0.25, 0.3) is 10.8 Å². The third kappa shape index (κ3) is 4.48. The van der Waals surface area contributed by atoms with Gasteiger partial charge in [-0.05, 0) is 61.9 Å². The van der Waals surface area contributed by atoms with Gasteiger partial charge in [0.05, 0.1) is 5.69 Å². The van der Waals surface area contributed by atoms with E-state index >= 15 is 0 Å². The summed E-state index contributed by atoms with van der Waals surface area (Å²) in [7, 11) is 0. The molecule has 5 rings (SSSR count). The molecule has 2 aromatic heterocycles. The van der Waals surface area contributed by atoms with Crippen LogP contribution in [0.2, 0.25) is 0 Å². The van der Waals surface area contributed by atoms with E-state index in [1.54, 1.807) is 24.3 Å². The van der Waals surface area contributed by atoms with Gasteiger partial charge in [-0.3, -0.25) is 4.99 Å². The molecule has 0 aliphatic heterocycles. The normalized spacial score (nSPS) is 12.7. The Morgan fingerprint density at radius 2 is 1.46 bits per heavy atom. The number of hydrogen-bond donors (Lipinski definition) is 3. The van der Waals surface area contributed by atoms with Crippen molar-refractivity contribution >= 4 is 28.4 Å². The minimum atomic E-state index is -1.06. The Kier molecular flexibility index (Phi) is 5.96. The zero-order chi connectivity index (χ0) is 24.5. The second-order valence-corrected chi connectivity index (χ2v) is 8.39. The van der Waals surface area contributed by atoms with Gasteiger partial charge in [-0.2, -0.15) is 5.23 Å². The number of hydrogen-bond acceptors (Lipinski definition) is 6. The molecule has 35 heavy (non-hydrogen) atoms. The quantitative estimate of drug-likeness (QED) is 0.169. The summed E-state index contributed by atoms with van der Waals surface area (Å²) in [5.74, 6) is 3.02. The van der Waals surface area contributed by atoms with Crippen molar-refractivity contribution in [2.45, 2.75) is 19.8 Å². The van der Waals surface area contributed by atoms with Gasteiger partial charge in [0.15, 0.2) is 5.69 Å². The standard InChI is InChI=1S/C28H24N2O5/c1-17-7-13-25(34-17)27(26-14-8-18(2)35-26)19-9-11-21(12-10-19)29-16-20-15-24(30(32)33)22-5-3-4-6-23(22)28(20)31/h3-16,27,30-32H,1-2H3. The van der Waals surface area contributed by atoms with E-state index in [-0.39, 0.29) is 17.4 Å². The van der Waals surface area contributed by atoms with Crippen molar-refractivity contribution in [3.63, 3.8) is 0 Å². The number of aryl methyl sites for hydroxylation is 2. The molecular weight excluding hydrogens is 444 g/mol. The summed E-state index contributed by atoms with van der Waals surface area (Å²) >= 11 is 0. The average molecular weight is 469 g/mol. The van der Waals surface area contributed by atoms with Crippen LogP contribution in [0.1, 0.15) is 40.1 Å². The summed E-state index contributed by atoms with van der Waals surface area (Å²) in [5.41, 5.74) is 2.08. The number of furan rings is 2. The van der Waals surface area contributed by atoms with Crippen molar-refractivity contribution in [1.29, 1.82) is 0 Å². The van der Waals surface area contributed by atoms with Crippen LogP contribution >= 0.6 is 0 Å². The molecule has 0 bridgehead atoms. The maximum Gasteiger partial charge on any atom is 0.172 e. The Balaban J connectivity index is 1.48. The first kappa shape index (κ1) is 22.6. The summed E-state index contributed by atoms with van der Waals surface area (Å²) in [5, 5.41) is 31.9. The number of phenols is 1. The van der Waals surface area contributed by atoms with E-state index in [1.165, 1.54) is 12.3 Å². The van der Waals surface area contributed by atoms with E-state index in [0.29, 0.717) is 22.0 Å². The molecule has 0 radical (unpaired) electrons. The van der Waals surface area contributed by atoms with Gasteiger partial charge in [0, 0.05) is 28.6 Å². The number of quaternary nitrogens is 1. The van der Waals surface area contributed by atoms with Crippen LogP contribution in [0.3, 0.4) is 0 Å². The lowest BCUT2D eigenvalue weighted by Gasteiger charge is -2.16. The molecule has 0 spiro atoms. The highest BCUT2D eigenvalue weighted by molar-refractivity contribution is 6.02. The number of fused-ring (bicyclic) bond motifs is 1. The van der Waals surface area contributed by atoms with Gasteiger partial charge in [-0.25, -0.2) is 5.21 Å². The zero-order valence-corrected chi connectivity index (χ0v) is 19.2. The fourth-order valence-corrected chi connectivity index (χ4v) is 4.24. The van der Waals surface area contributed by atoms with Crippen LogP contribution in [0.4, 0.5) is 11.4 Å². The molecule has 0 saturated heterocycles. The van der Waals surface area contributed by atoms with Gasteiger partial charge in [0.25, 0.3) is 0 Å². The number of nitrogens with zero attached hydrogens (tertiary/aromatic N) is 1. The third-order valence-electron chi connectivity index (χ3n) is 5.95. The first-order chi connectivity index (χ1) is 16.9. The Morgan fingerprint density at radius 1 is 0.857 bits per heavy atom. The van der Waals surface area contributed by atoms with Crippen molar-refractivity contribution in [2.24, 2.45) is 4.99 Å². The Bertz CT molecular complexity index is 1470. The summed E-state index contributed by atoms with van der Waals surface area (Å²) in [6.07, 6.45) is 1.48. The van der Waals surface area contributed by atoms with Gasteiger partial charge in [-0.15, -0.1) is 0 Å². The Hall–Kier alpha value is -4.17. The van der Waals surface area contributed by atoms with Gasteiger partial charge in [-0.1, -0.05) is 30.3 Å². The Labute approximate surface area is 201 Å². The molecule has 0 aliphatic rings. The summed E-state index contributed by atoms with van der Waals surface area (Å²) in [6.45, 7) is 3.81. The predicted octanol–water partition coefficient (Wildman–Crippen LogP) is 5.68. The predicted molar refractivity (Wildman–Crippen MR) is 133 cm³/mol. The highest BCUT2D eigenvalue weighted by Gasteiger charge is 2.23. The first-order valence-electron chi connectivity index (χ1n) is 11.2.